The Bertz CT molecular complexity index is 296. The van der Waals surface area contributed by atoms with Crippen molar-refractivity contribution < 1.29 is 9.59 Å². The molecule has 0 bridgehead atoms. The van der Waals surface area contributed by atoms with Gasteiger partial charge in [-0.15, -0.1) is 0 Å². The summed E-state index contributed by atoms with van der Waals surface area (Å²) >= 11 is 0. The van der Waals surface area contributed by atoms with Gasteiger partial charge in [0.15, 0.2) is 0 Å². The van der Waals surface area contributed by atoms with E-state index < -0.39 is 11.8 Å². The van der Waals surface area contributed by atoms with E-state index in [0.29, 0.717) is 19.0 Å². The Morgan fingerprint density at radius 3 is 2.93 bits per heavy atom. The molecule has 1 atom stereocenters. The van der Waals surface area contributed by atoms with Crippen LogP contribution in [0.1, 0.15) is 19.8 Å². The molecule has 1 aliphatic heterocycles. The third kappa shape index (κ3) is 3.24. The zero-order chi connectivity index (χ0) is 11.3. The van der Waals surface area contributed by atoms with Crippen LogP contribution in [0.3, 0.4) is 0 Å². The van der Waals surface area contributed by atoms with E-state index in [1.165, 1.54) is 0 Å². The molecule has 1 saturated heterocycles. The number of rotatable bonds is 1. The SMILES string of the molecule is CC1CCCN(C(=O)C(=O)NCC#N)C1. The average Bonchev–Trinajstić information content (AvgIpc) is 2.24. The summed E-state index contributed by atoms with van der Waals surface area (Å²) in [5.74, 6) is -0.742. The molecule has 0 aliphatic carbocycles. The fourth-order valence-electron chi connectivity index (χ4n) is 1.71. The molecule has 82 valence electrons. The fraction of sp³-hybridized carbons (Fsp3) is 0.700. The Balaban J connectivity index is 2.45. The van der Waals surface area contributed by atoms with Gasteiger partial charge in [0.05, 0.1) is 6.07 Å². The molecule has 1 heterocycles. The van der Waals surface area contributed by atoms with Gasteiger partial charge in [0.25, 0.3) is 0 Å². The molecule has 1 rings (SSSR count). The maximum atomic E-state index is 11.6. The fourth-order valence-corrected chi connectivity index (χ4v) is 1.71. The molecule has 0 aromatic rings. The van der Waals surface area contributed by atoms with Crippen LogP contribution in [0.5, 0.6) is 0 Å². The van der Waals surface area contributed by atoms with Gasteiger partial charge < -0.3 is 10.2 Å². The van der Waals surface area contributed by atoms with E-state index in [-0.39, 0.29) is 6.54 Å². The van der Waals surface area contributed by atoms with Gasteiger partial charge in [-0.2, -0.15) is 5.26 Å². The number of likely N-dealkylation sites (tertiary alicyclic amines) is 1. The van der Waals surface area contributed by atoms with Crippen LogP contribution in [0.25, 0.3) is 0 Å². The van der Waals surface area contributed by atoms with E-state index in [1.807, 2.05) is 0 Å². The van der Waals surface area contributed by atoms with Crippen molar-refractivity contribution >= 4 is 11.8 Å². The summed E-state index contributed by atoms with van der Waals surface area (Å²) in [6, 6.07) is 1.76. The highest BCUT2D eigenvalue weighted by Crippen LogP contribution is 2.15. The minimum Gasteiger partial charge on any atom is -0.335 e. The van der Waals surface area contributed by atoms with Crippen LogP contribution in [0.4, 0.5) is 0 Å². The van der Waals surface area contributed by atoms with Crippen LogP contribution in [0.15, 0.2) is 0 Å². The van der Waals surface area contributed by atoms with E-state index in [9.17, 15) is 9.59 Å². The van der Waals surface area contributed by atoms with Crippen LogP contribution in [0.2, 0.25) is 0 Å². The van der Waals surface area contributed by atoms with E-state index in [1.54, 1.807) is 11.0 Å². The summed E-state index contributed by atoms with van der Waals surface area (Å²) in [7, 11) is 0. The lowest BCUT2D eigenvalue weighted by Crippen LogP contribution is -2.47. The third-order valence-corrected chi connectivity index (χ3v) is 2.47. The summed E-state index contributed by atoms with van der Waals surface area (Å²) in [6.45, 7) is 3.22. The molecule has 0 spiro atoms. The Morgan fingerprint density at radius 2 is 2.33 bits per heavy atom. The first-order valence-corrected chi connectivity index (χ1v) is 5.09. The molecule has 2 amide bonds. The van der Waals surface area contributed by atoms with Gasteiger partial charge in [-0.3, -0.25) is 9.59 Å². The summed E-state index contributed by atoms with van der Waals surface area (Å²) in [6.07, 6.45) is 2.04. The molecule has 0 saturated carbocycles. The molecule has 1 aliphatic rings. The molecule has 1 fully saturated rings. The van der Waals surface area contributed by atoms with Crippen LogP contribution >= 0.6 is 0 Å². The largest absolute Gasteiger partial charge is 0.335 e. The van der Waals surface area contributed by atoms with Crippen molar-refractivity contribution in [1.82, 2.24) is 10.2 Å². The van der Waals surface area contributed by atoms with Gasteiger partial charge in [-0.1, -0.05) is 6.92 Å². The number of nitrogens with one attached hydrogen (secondary N) is 1. The molecule has 0 radical (unpaired) electrons. The summed E-state index contributed by atoms with van der Waals surface area (Å²) in [5.41, 5.74) is 0. The quantitative estimate of drug-likeness (QED) is 0.483. The van der Waals surface area contributed by atoms with Crippen LogP contribution in [0, 0.1) is 17.2 Å². The van der Waals surface area contributed by atoms with Crippen molar-refractivity contribution in [2.75, 3.05) is 19.6 Å². The van der Waals surface area contributed by atoms with E-state index in [2.05, 4.69) is 12.2 Å². The summed E-state index contributed by atoms with van der Waals surface area (Å²) in [5, 5.41) is 10.5. The lowest BCUT2D eigenvalue weighted by atomic mass is 10.0. The van der Waals surface area contributed by atoms with Crippen molar-refractivity contribution in [3.8, 4) is 6.07 Å². The van der Waals surface area contributed by atoms with Crippen molar-refractivity contribution in [3.05, 3.63) is 0 Å². The second-order valence-corrected chi connectivity index (χ2v) is 3.84. The van der Waals surface area contributed by atoms with Gasteiger partial charge in [-0.25, -0.2) is 0 Å². The topological polar surface area (TPSA) is 73.2 Å². The Morgan fingerprint density at radius 1 is 1.60 bits per heavy atom. The maximum absolute atomic E-state index is 11.6. The monoisotopic (exact) mass is 209 g/mol. The van der Waals surface area contributed by atoms with Crippen LogP contribution < -0.4 is 5.32 Å². The normalized spacial score (nSPS) is 20.5. The minimum absolute atomic E-state index is 0.117. The summed E-state index contributed by atoms with van der Waals surface area (Å²) < 4.78 is 0. The molecule has 0 aromatic carbocycles. The predicted molar refractivity (Wildman–Crippen MR) is 53.6 cm³/mol. The lowest BCUT2D eigenvalue weighted by Gasteiger charge is -2.30. The van der Waals surface area contributed by atoms with Gasteiger partial charge >= 0.3 is 11.8 Å². The van der Waals surface area contributed by atoms with E-state index in [0.717, 1.165) is 12.8 Å². The smallest absolute Gasteiger partial charge is 0.311 e. The number of nitriles is 1. The van der Waals surface area contributed by atoms with Gasteiger partial charge in [0.2, 0.25) is 0 Å². The maximum Gasteiger partial charge on any atom is 0.311 e. The molecule has 1 unspecified atom stereocenters. The Labute approximate surface area is 89.0 Å². The summed E-state index contributed by atoms with van der Waals surface area (Å²) in [4.78, 5) is 24.4. The molecule has 15 heavy (non-hydrogen) atoms. The van der Waals surface area contributed by atoms with Crippen molar-refractivity contribution in [2.24, 2.45) is 5.92 Å². The predicted octanol–water partition coefficient (Wildman–Crippen LogP) is -0.115. The molecule has 1 N–H and O–H groups in total. The van der Waals surface area contributed by atoms with Crippen molar-refractivity contribution in [3.63, 3.8) is 0 Å². The van der Waals surface area contributed by atoms with E-state index >= 15 is 0 Å². The first-order chi connectivity index (χ1) is 7.15. The number of piperidine rings is 1. The first-order valence-electron chi connectivity index (χ1n) is 5.09. The second kappa shape index (κ2) is 5.35. The number of amides is 2. The van der Waals surface area contributed by atoms with Gasteiger partial charge in [-0.05, 0) is 18.8 Å². The molecule has 0 aromatic heterocycles. The number of carbonyl (C=O) groups is 2. The van der Waals surface area contributed by atoms with Crippen LogP contribution in [-0.4, -0.2) is 36.3 Å². The van der Waals surface area contributed by atoms with Gasteiger partial charge in [0, 0.05) is 13.1 Å². The van der Waals surface area contributed by atoms with Crippen LogP contribution in [-0.2, 0) is 9.59 Å². The second-order valence-electron chi connectivity index (χ2n) is 3.84. The highest BCUT2D eigenvalue weighted by Gasteiger charge is 2.25. The highest BCUT2D eigenvalue weighted by atomic mass is 16.2. The highest BCUT2D eigenvalue weighted by molar-refractivity contribution is 6.35. The number of carbonyl (C=O) groups excluding carboxylic acids is 2. The third-order valence-electron chi connectivity index (χ3n) is 2.47. The molecular weight excluding hydrogens is 194 g/mol. The lowest BCUT2D eigenvalue weighted by molar-refractivity contribution is -0.146. The van der Waals surface area contributed by atoms with Crippen molar-refractivity contribution in [2.45, 2.75) is 19.8 Å². The molecule has 5 heteroatoms. The number of nitrogens with zero attached hydrogens (tertiary/aromatic N) is 2. The van der Waals surface area contributed by atoms with Crippen molar-refractivity contribution in [1.29, 1.82) is 5.26 Å². The minimum atomic E-state index is -0.675. The first kappa shape index (κ1) is 11.5. The zero-order valence-corrected chi connectivity index (χ0v) is 8.82. The number of hydrogen-bond donors (Lipinski definition) is 1. The molecule has 5 nitrogen and oxygen atoms in total. The van der Waals surface area contributed by atoms with E-state index in [4.69, 9.17) is 5.26 Å². The standard InChI is InChI=1S/C10H15N3O2/c1-8-3-2-6-13(7-8)10(15)9(14)12-5-4-11/h8H,2-3,5-7H2,1H3,(H,12,14). The Hall–Kier alpha value is -1.57. The number of hydrogen-bond acceptors (Lipinski definition) is 3. The average molecular weight is 209 g/mol. The Kier molecular flexibility index (Phi) is 4.10. The zero-order valence-electron chi connectivity index (χ0n) is 8.82. The van der Waals surface area contributed by atoms with Gasteiger partial charge in [0.1, 0.15) is 6.54 Å². The molecular formula is C10H15N3O2.